The molecule has 19 nitrogen and oxygen atoms in total. The molecule has 0 fully saturated rings. The largest absolute Gasteiger partial charge is 0.399 e. The van der Waals surface area contributed by atoms with Crippen molar-refractivity contribution in [1.82, 2.24) is 0 Å². The van der Waals surface area contributed by atoms with Crippen LogP contribution in [0.3, 0.4) is 0 Å². The Balaban J connectivity index is 1.28. The number of rotatable bonds is 10. The molecule has 0 amide bonds. The highest BCUT2D eigenvalue weighted by atomic mass is 32.2. The molecule has 22 heteroatoms. The van der Waals surface area contributed by atoms with Gasteiger partial charge in [-0.25, -0.2) is 0 Å². The quantitative estimate of drug-likeness (QED) is 0.0381. The van der Waals surface area contributed by atoms with E-state index < -0.39 is 79.0 Å². The van der Waals surface area contributed by atoms with E-state index in [2.05, 4.69) is 31.3 Å². The number of carbonyl (C=O) groups is 2. The van der Waals surface area contributed by atoms with E-state index in [0.29, 0.717) is 17.5 Å². The number of fused-ring (bicyclic) bond motifs is 1. The maximum Gasteiger partial charge on any atom is 0.296 e. The Bertz CT molecular complexity index is 2850. The number of nitrogens with two attached hydrogens (primary N) is 2. The van der Waals surface area contributed by atoms with Crippen molar-refractivity contribution in [1.29, 1.82) is 0 Å². The van der Waals surface area contributed by atoms with E-state index in [1.165, 1.54) is 24.3 Å². The Kier molecular flexibility index (Phi) is 10.4. The first-order valence-electron chi connectivity index (χ1n) is 15.5. The van der Waals surface area contributed by atoms with Crippen molar-refractivity contribution in [2.45, 2.75) is 9.79 Å². The summed E-state index contributed by atoms with van der Waals surface area (Å²) in [6, 6.07) is 18.4. The van der Waals surface area contributed by atoms with E-state index >= 15 is 0 Å². The van der Waals surface area contributed by atoms with Crippen molar-refractivity contribution < 1.29 is 48.5 Å². The summed E-state index contributed by atoms with van der Waals surface area (Å²) in [5, 5.41) is 15.8. The molecule has 0 aromatic heterocycles. The summed E-state index contributed by atoms with van der Waals surface area (Å²) in [6.07, 6.45) is 5.02. The minimum atomic E-state index is -5.20. The van der Waals surface area contributed by atoms with Gasteiger partial charge in [-0.1, -0.05) is 24.3 Å². The lowest BCUT2D eigenvalue weighted by Gasteiger charge is -2.20. The minimum absolute atomic E-state index is 0.0173. The number of nitrogens with one attached hydrogen (secondary N) is 2. The summed E-state index contributed by atoms with van der Waals surface area (Å²) >= 11 is 0. The first-order chi connectivity index (χ1) is 26.3. The van der Waals surface area contributed by atoms with Crippen molar-refractivity contribution in [3.05, 3.63) is 119 Å². The predicted octanol–water partition coefficient (Wildman–Crippen LogP) is 4.49. The zero-order valence-corrected chi connectivity index (χ0v) is 30.5. The third-order valence-corrected chi connectivity index (χ3v) is 10.5. The van der Waals surface area contributed by atoms with Crippen LogP contribution in [0.25, 0.3) is 17.2 Å². The van der Waals surface area contributed by atoms with E-state index in [1.54, 1.807) is 42.5 Å². The maximum atomic E-state index is 13.7. The first-order valence-corrected chi connectivity index (χ1v) is 19.9. The number of ketones is 2. The SMILES string of the molecule is NC1=CC(=O)/C(=N/Nc2ccc(-c3ccc(N=Nc4c(S(=O)(=O)O)cc5c(c4N)C(=O)/C(=N/Nc4ccc(S(=O)(=O)O)cc4)C(S(=O)(=O)O)=C5)cc3)cc2)C=C1. The van der Waals surface area contributed by atoms with Gasteiger partial charge in [0.15, 0.2) is 5.71 Å². The first kappa shape index (κ1) is 39.0. The second-order valence-corrected chi connectivity index (χ2v) is 15.9. The van der Waals surface area contributed by atoms with Gasteiger partial charge in [0.2, 0.25) is 11.6 Å². The number of nitrogens with zero attached hydrogens (tertiary/aromatic N) is 4. The van der Waals surface area contributed by atoms with Crippen LogP contribution in [0.1, 0.15) is 15.9 Å². The molecule has 2 aliphatic rings. The van der Waals surface area contributed by atoms with Gasteiger partial charge in [0.05, 0.1) is 33.2 Å². The molecule has 0 unspecified atom stereocenters. The minimum Gasteiger partial charge on any atom is -0.399 e. The molecule has 0 saturated carbocycles. The van der Waals surface area contributed by atoms with Crippen molar-refractivity contribution in [3.8, 4) is 11.1 Å². The van der Waals surface area contributed by atoms with Crippen LogP contribution >= 0.6 is 0 Å². The van der Waals surface area contributed by atoms with Crippen molar-refractivity contribution in [2.24, 2.45) is 26.2 Å². The maximum absolute atomic E-state index is 13.7. The van der Waals surface area contributed by atoms with Gasteiger partial charge in [0.25, 0.3) is 30.4 Å². The van der Waals surface area contributed by atoms with Gasteiger partial charge in [0.1, 0.15) is 21.2 Å². The number of anilines is 3. The summed E-state index contributed by atoms with van der Waals surface area (Å²) in [4.78, 5) is 23.3. The Labute approximate surface area is 317 Å². The van der Waals surface area contributed by atoms with E-state index in [4.69, 9.17) is 11.5 Å². The van der Waals surface area contributed by atoms with Gasteiger partial charge < -0.3 is 11.5 Å². The molecule has 6 rings (SSSR count). The highest BCUT2D eigenvalue weighted by molar-refractivity contribution is 7.91. The second-order valence-electron chi connectivity index (χ2n) is 11.7. The standard InChI is InChI=1S/C34H26N8O11S3/c35-21-5-14-26(27(43)17-21)40-37-22-6-1-18(2-7-22)19-3-8-23(9-4-19)38-41-32-28(55(48,49)50)15-20-16-29(56(51,52)53)33(34(44)30(20)31(32)36)42-39-24-10-12-25(13-11-24)54(45,46)47/h1-17,37,39H,35-36H2,(H,45,46,47)(H,48,49,50)(H,51,52,53)/b40-26+,41-38?,42-33+. The third-order valence-electron chi connectivity index (χ3n) is 7.94. The molecule has 4 aromatic carbocycles. The number of carbonyl (C=O) groups excluding carboxylic acids is 2. The summed E-state index contributed by atoms with van der Waals surface area (Å²) in [5.74, 6) is -1.55. The number of Topliss-reactive ketones (excluding diaryl/α,β-unsaturated/α-hetero) is 1. The highest BCUT2D eigenvalue weighted by Gasteiger charge is 2.37. The van der Waals surface area contributed by atoms with Crippen LogP contribution in [0.15, 0.2) is 138 Å². The fourth-order valence-electron chi connectivity index (χ4n) is 5.23. The second kappa shape index (κ2) is 14.9. The average Bonchev–Trinajstić information content (AvgIpc) is 3.13. The Morgan fingerprint density at radius 2 is 1.20 bits per heavy atom. The lowest BCUT2D eigenvalue weighted by Crippen LogP contribution is -2.28. The van der Waals surface area contributed by atoms with Crippen LogP contribution in [0.5, 0.6) is 0 Å². The molecule has 2 aliphatic carbocycles. The van der Waals surface area contributed by atoms with E-state index in [1.807, 2.05) is 0 Å². The van der Waals surface area contributed by atoms with Crippen LogP contribution < -0.4 is 22.3 Å². The number of nitrogen functional groups attached to an aromatic ring is 1. The number of hydrazone groups is 2. The average molecular weight is 819 g/mol. The summed E-state index contributed by atoms with van der Waals surface area (Å²) in [7, 11) is -14.9. The monoisotopic (exact) mass is 818 g/mol. The lowest BCUT2D eigenvalue weighted by molar-refractivity contribution is -0.108. The van der Waals surface area contributed by atoms with Crippen molar-refractivity contribution in [3.63, 3.8) is 0 Å². The van der Waals surface area contributed by atoms with Gasteiger partial charge in [-0.05, 0) is 89.5 Å². The van der Waals surface area contributed by atoms with Crippen molar-refractivity contribution >= 4 is 87.9 Å². The zero-order chi connectivity index (χ0) is 40.6. The van der Waals surface area contributed by atoms with Crippen LogP contribution in [0, 0.1) is 0 Å². The molecule has 0 bridgehead atoms. The molecule has 4 aromatic rings. The highest BCUT2D eigenvalue weighted by Crippen LogP contribution is 2.41. The van der Waals surface area contributed by atoms with Gasteiger partial charge in [-0.2, -0.15) is 40.6 Å². The third kappa shape index (κ3) is 8.49. The number of hydrogen-bond acceptors (Lipinski definition) is 16. The molecular formula is C34H26N8O11S3. The van der Waals surface area contributed by atoms with E-state index in [-0.39, 0.29) is 22.9 Å². The summed E-state index contributed by atoms with van der Waals surface area (Å²) in [6.45, 7) is 0. The van der Waals surface area contributed by atoms with Crippen molar-refractivity contribution in [2.75, 3.05) is 16.6 Å². The normalized spacial score (nSPS) is 16.2. The van der Waals surface area contributed by atoms with Gasteiger partial charge in [-0.15, -0.1) is 5.11 Å². The molecule has 9 N–H and O–H groups in total. The molecule has 0 aliphatic heterocycles. The molecule has 0 atom stereocenters. The molecule has 56 heavy (non-hydrogen) atoms. The molecular weight excluding hydrogens is 793 g/mol. The number of allylic oxidation sites excluding steroid dienone is 4. The lowest BCUT2D eigenvalue weighted by atomic mass is 9.92. The van der Waals surface area contributed by atoms with Gasteiger partial charge >= 0.3 is 0 Å². The Morgan fingerprint density at radius 3 is 1.75 bits per heavy atom. The molecule has 286 valence electrons. The number of benzene rings is 4. The van der Waals surface area contributed by atoms with Gasteiger partial charge in [0, 0.05) is 11.8 Å². The molecule has 0 radical (unpaired) electrons. The topological polar surface area (TPSA) is 323 Å². The fraction of sp³-hybridized carbons (Fsp3) is 0. The van der Waals surface area contributed by atoms with Crippen LogP contribution in [-0.4, -0.2) is 61.9 Å². The van der Waals surface area contributed by atoms with E-state index in [0.717, 1.165) is 41.5 Å². The smallest absolute Gasteiger partial charge is 0.296 e. The number of hydrogen-bond donors (Lipinski definition) is 7. The summed E-state index contributed by atoms with van der Waals surface area (Å²) in [5.41, 5.74) is 16.7. The number of azo groups is 1. The van der Waals surface area contributed by atoms with Gasteiger partial charge in [-0.3, -0.25) is 34.1 Å². The van der Waals surface area contributed by atoms with Crippen LogP contribution in [-0.2, 0) is 35.1 Å². The van der Waals surface area contributed by atoms with Crippen LogP contribution in [0.2, 0.25) is 0 Å². The molecule has 0 spiro atoms. The zero-order valence-electron chi connectivity index (χ0n) is 28.1. The summed E-state index contributed by atoms with van der Waals surface area (Å²) < 4.78 is 101. The van der Waals surface area contributed by atoms with Crippen LogP contribution in [0.4, 0.5) is 28.4 Å². The Hall–Kier alpha value is -6.69. The Morgan fingerprint density at radius 1 is 0.625 bits per heavy atom. The molecule has 0 saturated heterocycles. The predicted molar refractivity (Wildman–Crippen MR) is 205 cm³/mol. The molecule has 0 heterocycles. The van der Waals surface area contributed by atoms with E-state index in [9.17, 15) is 48.5 Å². The fourth-order valence-corrected chi connectivity index (χ4v) is 7.04.